The Bertz CT molecular complexity index is 685. The Hall–Kier alpha value is -1.62. The van der Waals surface area contributed by atoms with Crippen LogP contribution in [0.4, 0.5) is 4.39 Å². The van der Waals surface area contributed by atoms with Gasteiger partial charge in [0.05, 0.1) is 13.2 Å². The summed E-state index contributed by atoms with van der Waals surface area (Å²) in [7, 11) is 3.38. The summed E-state index contributed by atoms with van der Waals surface area (Å²) in [6.07, 6.45) is 7.58. The number of carbonyl (C=O) groups is 1. The maximum Gasteiger partial charge on any atom is 0.237 e. The summed E-state index contributed by atoms with van der Waals surface area (Å²) in [5, 5.41) is 3.45. The van der Waals surface area contributed by atoms with E-state index in [1.807, 2.05) is 24.9 Å². The van der Waals surface area contributed by atoms with Crippen LogP contribution < -0.4 is 10.1 Å². The molecule has 0 aromatic heterocycles. The van der Waals surface area contributed by atoms with Crippen molar-refractivity contribution < 1.29 is 13.9 Å². The zero-order valence-corrected chi connectivity index (χ0v) is 16.6. The minimum Gasteiger partial charge on any atom is -0.494 e. The third-order valence-electron chi connectivity index (χ3n) is 7.12. The van der Waals surface area contributed by atoms with E-state index in [2.05, 4.69) is 5.32 Å². The zero-order chi connectivity index (χ0) is 19.2. The fourth-order valence-corrected chi connectivity index (χ4v) is 6.06. The average Bonchev–Trinajstić information content (AvgIpc) is 2.59. The molecule has 4 bridgehead atoms. The van der Waals surface area contributed by atoms with Crippen molar-refractivity contribution in [2.24, 2.45) is 17.8 Å². The van der Waals surface area contributed by atoms with E-state index in [9.17, 15) is 9.18 Å². The molecule has 1 aromatic rings. The molecule has 5 heteroatoms. The quantitative estimate of drug-likeness (QED) is 0.825. The Morgan fingerprint density at radius 2 is 1.85 bits per heavy atom. The number of hydrogen-bond donors (Lipinski definition) is 1. The molecule has 4 saturated carbocycles. The van der Waals surface area contributed by atoms with Gasteiger partial charge in [0.1, 0.15) is 0 Å². The third kappa shape index (κ3) is 3.71. The average molecular weight is 375 g/mol. The van der Waals surface area contributed by atoms with Gasteiger partial charge in [-0.05, 0) is 87.9 Å². The maximum absolute atomic E-state index is 13.9. The third-order valence-corrected chi connectivity index (χ3v) is 7.12. The summed E-state index contributed by atoms with van der Waals surface area (Å²) in [4.78, 5) is 15.0. The summed E-state index contributed by atoms with van der Waals surface area (Å²) in [6, 6.07) is 4.72. The van der Waals surface area contributed by atoms with Crippen LogP contribution in [0.3, 0.4) is 0 Å². The number of nitrogens with zero attached hydrogens (tertiary/aromatic N) is 1. The summed E-state index contributed by atoms with van der Waals surface area (Å²) >= 11 is 0. The number of nitrogens with one attached hydrogen (secondary N) is 1. The molecule has 148 valence electrons. The van der Waals surface area contributed by atoms with Crippen LogP contribution >= 0.6 is 0 Å². The number of rotatable bonds is 6. The van der Waals surface area contributed by atoms with Crippen molar-refractivity contribution in [3.8, 4) is 5.75 Å². The predicted molar refractivity (Wildman–Crippen MR) is 103 cm³/mol. The Morgan fingerprint density at radius 1 is 1.26 bits per heavy atom. The number of benzene rings is 1. The molecule has 0 aliphatic heterocycles. The highest BCUT2D eigenvalue weighted by atomic mass is 19.1. The first kappa shape index (κ1) is 18.7. The van der Waals surface area contributed by atoms with Crippen molar-refractivity contribution in [1.29, 1.82) is 0 Å². The normalized spacial score (nSPS) is 32.6. The molecule has 0 heterocycles. The predicted octanol–water partition coefficient (Wildman–Crippen LogP) is 3.74. The second-order valence-corrected chi connectivity index (χ2v) is 9.25. The van der Waals surface area contributed by atoms with Crippen LogP contribution in [0.1, 0.15) is 51.0 Å². The molecule has 27 heavy (non-hydrogen) atoms. The van der Waals surface area contributed by atoms with Crippen molar-refractivity contribution in [2.45, 2.75) is 63.6 Å². The van der Waals surface area contributed by atoms with E-state index in [0.717, 1.165) is 42.6 Å². The molecule has 5 rings (SSSR count). The molecule has 4 aliphatic rings. The highest BCUT2D eigenvalue weighted by molar-refractivity contribution is 5.82. The van der Waals surface area contributed by atoms with Gasteiger partial charge in [0, 0.05) is 12.1 Å². The molecular formula is C22H31FN2O2. The highest BCUT2D eigenvalue weighted by Gasteiger charge is 2.51. The zero-order valence-electron chi connectivity index (χ0n) is 16.6. The summed E-state index contributed by atoms with van der Waals surface area (Å²) in [5.41, 5.74) is 0.873. The second-order valence-electron chi connectivity index (χ2n) is 9.25. The first-order chi connectivity index (χ1) is 12.9. The minimum atomic E-state index is -0.367. The molecule has 0 spiro atoms. The van der Waals surface area contributed by atoms with Crippen LogP contribution in [0.5, 0.6) is 5.75 Å². The summed E-state index contributed by atoms with van der Waals surface area (Å²) < 4.78 is 18.9. The first-order valence-electron chi connectivity index (χ1n) is 10.2. The van der Waals surface area contributed by atoms with Crippen molar-refractivity contribution >= 4 is 5.91 Å². The standard InChI is InChI=1S/C22H31FN2O2/c1-14(25(2)13-15-4-5-20(27-3)19(23)9-15)21(26)24-22-10-16-6-17(11-22)8-18(7-16)12-22/h4-5,9,14,16-18H,6-8,10-13H2,1-3H3,(H,24,26)/t14-,16?,17?,18?,22?/m0/s1. The topological polar surface area (TPSA) is 41.6 Å². The van der Waals surface area contributed by atoms with Crippen LogP contribution in [0.15, 0.2) is 18.2 Å². The molecule has 0 unspecified atom stereocenters. The monoisotopic (exact) mass is 374 g/mol. The van der Waals surface area contributed by atoms with Gasteiger partial charge >= 0.3 is 0 Å². The van der Waals surface area contributed by atoms with Gasteiger partial charge in [-0.15, -0.1) is 0 Å². The summed E-state index contributed by atoms with van der Waals surface area (Å²) in [5.74, 6) is 2.42. The molecule has 4 nitrogen and oxygen atoms in total. The number of ether oxygens (including phenoxy) is 1. The highest BCUT2D eigenvalue weighted by Crippen LogP contribution is 2.55. The fourth-order valence-electron chi connectivity index (χ4n) is 6.06. The largest absolute Gasteiger partial charge is 0.494 e. The number of halogens is 1. The molecule has 1 aromatic carbocycles. The molecular weight excluding hydrogens is 343 g/mol. The van der Waals surface area contributed by atoms with E-state index >= 15 is 0 Å². The van der Waals surface area contributed by atoms with Gasteiger partial charge in [0.2, 0.25) is 5.91 Å². The number of likely N-dealkylation sites (N-methyl/N-ethyl adjacent to an activating group) is 1. The lowest BCUT2D eigenvalue weighted by molar-refractivity contribution is -0.131. The van der Waals surface area contributed by atoms with Crippen molar-refractivity contribution in [3.05, 3.63) is 29.6 Å². The molecule has 0 radical (unpaired) electrons. The first-order valence-corrected chi connectivity index (χ1v) is 10.2. The molecule has 1 atom stereocenters. The molecule has 1 N–H and O–H groups in total. The van der Waals surface area contributed by atoms with E-state index in [-0.39, 0.29) is 29.1 Å². The molecule has 4 aliphatic carbocycles. The van der Waals surface area contributed by atoms with E-state index < -0.39 is 0 Å². The molecule has 4 fully saturated rings. The lowest BCUT2D eigenvalue weighted by Gasteiger charge is -2.57. The Morgan fingerprint density at radius 3 is 2.37 bits per heavy atom. The maximum atomic E-state index is 13.9. The SMILES string of the molecule is COc1ccc(CN(C)[C@@H](C)C(=O)NC23CC4CC(CC(C4)C2)C3)cc1F. The Balaban J connectivity index is 1.38. The number of methoxy groups -OCH3 is 1. The van der Waals surface area contributed by atoms with Gasteiger partial charge in [-0.3, -0.25) is 9.69 Å². The van der Waals surface area contributed by atoms with Crippen LogP contribution in [0, 0.1) is 23.6 Å². The van der Waals surface area contributed by atoms with Crippen LogP contribution in [-0.2, 0) is 11.3 Å². The van der Waals surface area contributed by atoms with Crippen molar-refractivity contribution in [2.75, 3.05) is 14.2 Å². The summed E-state index contributed by atoms with van der Waals surface area (Å²) in [6.45, 7) is 2.46. The van der Waals surface area contributed by atoms with Gasteiger partial charge in [0.15, 0.2) is 11.6 Å². The van der Waals surface area contributed by atoms with Gasteiger partial charge in [-0.2, -0.15) is 0 Å². The van der Waals surface area contributed by atoms with E-state index in [1.54, 1.807) is 6.07 Å². The van der Waals surface area contributed by atoms with Crippen molar-refractivity contribution in [3.63, 3.8) is 0 Å². The van der Waals surface area contributed by atoms with Crippen molar-refractivity contribution in [1.82, 2.24) is 10.2 Å². The van der Waals surface area contributed by atoms with Crippen LogP contribution in [0.2, 0.25) is 0 Å². The lowest BCUT2D eigenvalue weighted by Crippen LogP contribution is -2.62. The smallest absolute Gasteiger partial charge is 0.237 e. The number of amides is 1. The second kappa shape index (κ2) is 7.08. The van der Waals surface area contributed by atoms with E-state index in [4.69, 9.17) is 4.74 Å². The van der Waals surface area contributed by atoms with Gasteiger partial charge in [0.25, 0.3) is 0 Å². The van der Waals surface area contributed by atoms with Gasteiger partial charge in [-0.25, -0.2) is 4.39 Å². The van der Waals surface area contributed by atoms with Crippen LogP contribution in [0.25, 0.3) is 0 Å². The molecule has 0 saturated heterocycles. The molecule has 1 amide bonds. The van der Waals surface area contributed by atoms with E-state index in [1.165, 1.54) is 32.4 Å². The minimum absolute atomic E-state index is 0.0349. The number of carbonyl (C=O) groups excluding carboxylic acids is 1. The van der Waals surface area contributed by atoms with Crippen LogP contribution in [-0.4, -0.2) is 36.5 Å². The lowest BCUT2D eigenvalue weighted by atomic mass is 9.53. The van der Waals surface area contributed by atoms with E-state index in [0.29, 0.717) is 6.54 Å². The van der Waals surface area contributed by atoms with Gasteiger partial charge < -0.3 is 10.1 Å². The fraction of sp³-hybridized carbons (Fsp3) is 0.682. The number of hydrogen-bond acceptors (Lipinski definition) is 3. The van der Waals surface area contributed by atoms with Gasteiger partial charge in [-0.1, -0.05) is 6.07 Å². The Kier molecular flexibility index (Phi) is 4.91. The Labute approximate surface area is 161 Å².